The number of thiol groups is 1. The third kappa shape index (κ3) is 1.96. The van der Waals surface area contributed by atoms with E-state index in [-0.39, 0.29) is 5.82 Å². The van der Waals surface area contributed by atoms with Crippen molar-refractivity contribution in [3.05, 3.63) is 40.5 Å². The molecule has 1 heterocycles. The van der Waals surface area contributed by atoms with E-state index in [1.807, 2.05) is 5.38 Å². The van der Waals surface area contributed by atoms with Gasteiger partial charge in [-0.25, -0.2) is 9.37 Å². The summed E-state index contributed by atoms with van der Waals surface area (Å²) >= 11 is 5.71. The maximum atomic E-state index is 12.6. The Morgan fingerprint density at radius 3 is 2.57 bits per heavy atom. The third-order valence-electron chi connectivity index (χ3n) is 1.83. The zero-order valence-electron chi connectivity index (χ0n) is 7.27. The molecule has 0 saturated heterocycles. The van der Waals surface area contributed by atoms with E-state index in [9.17, 15) is 4.39 Å². The summed E-state index contributed by atoms with van der Waals surface area (Å²) < 4.78 is 12.6. The lowest BCUT2D eigenvalue weighted by Crippen LogP contribution is -1.80. The molecule has 14 heavy (non-hydrogen) atoms. The van der Waals surface area contributed by atoms with Crippen LogP contribution in [0.1, 0.15) is 5.01 Å². The standard InChI is InChI=1S/C10H8FNS2/c11-8-3-1-7(2-4-8)9-6-14-10(5-13)12-9/h1-4,6,13H,5H2. The molecule has 0 aliphatic rings. The summed E-state index contributed by atoms with van der Waals surface area (Å²) in [5.41, 5.74) is 1.83. The first-order chi connectivity index (χ1) is 6.79. The van der Waals surface area contributed by atoms with Gasteiger partial charge in [-0.05, 0) is 24.3 Å². The first kappa shape index (κ1) is 9.68. The fourth-order valence-corrected chi connectivity index (χ4v) is 2.09. The SMILES string of the molecule is Fc1ccc(-c2csc(CS)n2)cc1. The van der Waals surface area contributed by atoms with E-state index in [1.165, 1.54) is 12.1 Å². The van der Waals surface area contributed by atoms with Gasteiger partial charge in [0.2, 0.25) is 0 Å². The van der Waals surface area contributed by atoms with Crippen molar-refractivity contribution in [2.24, 2.45) is 0 Å². The molecule has 1 nitrogen and oxygen atoms in total. The summed E-state index contributed by atoms with van der Waals surface area (Å²) in [5.74, 6) is 0.421. The molecule has 72 valence electrons. The second-order valence-electron chi connectivity index (χ2n) is 2.79. The van der Waals surface area contributed by atoms with Crippen LogP contribution in [0.2, 0.25) is 0 Å². The monoisotopic (exact) mass is 225 g/mol. The van der Waals surface area contributed by atoms with Gasteiger partial charge in [-0.2, -0.15) is 12.6 Å². The first-order valence-corrected chi connectivity index (χ1v) is 5.62. The molecule has 0 amide bonds. The highest BCUT2D eigenvalue weighted by Gasteiger charge is 2.02. The highest BCUT2D eigenvalue weighted by atomic mass is 32.1. The Labute approximate surface area is 91.0 Å². The molecule has 2 rings (SSSR count). The Morgan fingerprint density at radius 1 is 1.29 bits per heavy atom. The van der Waals surface area contributed by atoms with Gasteiger partial charge >= 0.3 is 0 Å². The van der Waals surface area contributed by atoms with E-state index >= 15 is 0 Å². The third-order valence-corrected chi connectivity index (χ3v) is 3.19. The van der Waals surface area contributed by atoms with Crippen LogP contribution in [0, 0.1) is 5.82 Å². The molecule has 1 aromatic heterocycles. The molecule has 4 heteroatoms. The number of aromatic nitrogens is 1. The van der Waals surface area contributed by atoms with Gasteiger partial charge in [0, 0.05) is 16.7 Å². The molecule has 0 spiro atoms. The van der Waals surface area contributed by atoms with Gasteiger partial charge < -0.3 is 0 Å². The smallest absolute Gasteiger partial charge is 0.123 e. The second kappa shape index (κ2) is 4.11. The molecule has 1 aromatic carbocycles. The number of halogens is 1. The van der Waals surface area contributed by atoms with Crippen molar-refractivity contribution in [3.8, 4) is 11.3 Å². The highest BCUT2D eigenvalue weighted by Crippen LogP contribution is 2.22. The van der Waals surface area contributed by atoms with Crippen LogP contribution in [0.15, 0.2) is 29.6 Å². The van der Waals surface area contributed by atoms with E-state index in [4.69, 9.17) is 0 Å². The highest BCUT2D eigenvalue weighted by molar-refractivity contribution is 7.79. The van der Waals surface area contributed by atoms with Crippen LogP contribution in [-0.4, -0.2) is 4.98 Å². The second-order valence-corrected chi connectivity index (χ2v) is 4.05. The van der Waals surface area contributed by atoms with E-state index in [1.54, 1.807) is 23.5 Å². The lowest BCUT2D eigenvalue weighted by atomic mass is 10.2. The minimum atomic E-state index is -0.224. The minimum absolute atomic E-state index is 0.224. The largest absolute Gasteiger partial charge is 0.240 e. The van der Waals surface area contributed by atoms with Gasteiger partial charge in [0.1, 0.15) is 10.8 Å². The van der Waals surface area contributed by atoms with Crippen molar-refractivity contribution in [1.29, 1.82) is 0 Å². The minimum Gasteiger partial charge on any atom is -0.240 e. The maximum absolute atomic E-state index is 12.6. The van der Waals surface area contributed by atoms with Crippen LogP contribution in [0.25, 0.3) is 11.3 Å². The summed E-state index contributed by atoms with van der Waals surface area (Å²) in [7, 11) is 0. The molecule has 0 saturated carbocycles. The average Bonchev–Trinajstić information content (AvgIpc) is 2.67. The van der Waals surface area contributed by atoms with E-state index < -0.39 is 0 Å². The van der Waals surface area contributed by atoms with Crippen molar-refractivity contribution in [3.63, 3.8) is 0 Å². The van der Waals surface area contributed by atoms with Crippen molar-refractivity contribution in [1.82, 2.24) is 4.98 Å². The topological polar surface area (TPSA) is 12.9 Å². The number of thiazole rings is 1. The van der Waals surface area contributed by atoms with Gasteiger partial charge in [-0.15, -0.1) is 11.3 Å². The number of benzene rings is 1. The first-order valence-electron chi connectivity index (χ1n) is 4.11. The molecule has 0 unspecified atom stereocenters. The van der Waals surface area contributed by atoms with Crippen LogP contribution < -0.4 is 0 Å². The van der Waals surface area contributed by atoms with Gasteiger partial charge in [0.25, 0.3) is 0 Å². The molecule has 0 radical (unpaired) electrons. The maximum Gasteiger partial charge on any atom is 0.123 e. The normalized spacial score (nSPS) is 10.4. The van der Waals surface area contributed by atoms with Crippen LogP contribution in [-0.2, 0) is 5.75 Å². The number of hydrogen-bond acceptors (Lipinski definition) is 3. The zero-order valence-corrected chi connectivity index (χ0v) is 8.99. The van der Waals surface area contributed by atoms with E-state index in [0.29, 0.717) is 5.75 Å². The van der Waals surface area contributed by atoms with Crippen molar-refractivity contribution < 1.29 is 4.39 Å². The number of nitrogens with zero attached hydrogens (tertiary/aromatic N) is 1. The molecule has 0 atom stereocenters. The molecule has 0 fully saturated rings. The summed E-state index contributed by atoms with van der Waals surface area (Å²) in [6.45, 7) is 0. The molecule has 2 aromatic rings. The Hall–Kier alpha value is -0.870. The van der Waals surface area contributed by atoms with Gasteiger partial charge in [0.05, 0.1) is 5.69 Å². The molecular weight excluding hydrogens is 217 g/mol. The van der Waals surface area contributed by atoms with Crippen molar-refractivity contribution >= 4 is 24.0 Å². The van der Waals surface area contributed by atoms with Crippen LogP contribution in [0.5, 0.6) is 0 Å². The summed E-state index contributed by atoms with van der Waals surface area (Å²) in [6.07, 6.45) is 0. The molecular formula is C10H8FNS2. The lowest BCUT2D eigenvalue weighted by Gasteiger charge is -1.94. The predicted molar refractivity (Wildman–Crippen MR) is 60.2 cm³/mol. The predicted octanol–water partition coefficient (Wildman–Crippen LogP) is 3.38. The number of hydrogen-bond donors (Lipinski definition) is 1. The van der Waals surface area contributed by atoms with Gasteiger partial charge in [-0.1, -0.05) is 0 Å². The molecule has 0 bridgehead atoms. The Morgan fingerprint density at radius 2 is 2.00 bits per heavy atom. The van der Waals surface area contributed by atoms with Crippen molar-refractivity contribution in [2.45, 2.75) is 5.75 Å². The molecule has 0 N–H and O–H groups in total. The molecule has 0 aliphatic carbocycles. The van der Waals surface area contributed by atoms with Crippen LogP contribution in [0.4, 0.5) is 4.39 Å². The van der Waals surface area contributed by atoms with Gasteiger partial charge in [0.15, 0.2) is 0 Å². The van der Waals surface area contributed by atoms with E-state index in [0.717, 1.165) is 16.3 Å². The Balaban J connectivity index is 2.34. The van der Waals surface area contributed by atoms with Crippen molar-refractivity contribution in [2.75, 3.05) is 0 Å². The fourth-order valence-electron chi connectivity index (χ4n) is 1.14. The van der Waals surface area contributed by atoms with Crippen LogP contribution in [0.3, 0.4) is 0 Å². The summed E-state index contributed by atoms with van der Waals surface area (Å²) in [5, 5.41) is 2.94. The van der Waals surface area contributed by atoms with Gasteiger partial charge in [-0.3, -0.25) is 0 Å². The van der Waals surface area contributed by atoms with E-state index in [2.05, 4.69) is 17.6 Å². The summed E-state index contributed by atoms with van der Waals surface area (Å²) in [4.78, 5) is 4.35. The Bertz CT molecular complexity index is 422. The summed E-state index contributed by atoms with van der Waals surface area (Å²) in [6, 6.07) is 6.34. The Kier molecular flexibility index (Phi) is 2.84. The fraction of sp³-hybridized carbons (Fsp3) is 0.100. The zero-order chi connectivity index (χ0) is 9.97. The average molecular weight is 225 g/mol. The molecule has 0 aliphatic heterocycles. The lowest BCUT2D eigenvalue weighted by molar-refractivity contribution is 0.628. The van der Waals surface area contributed by atoms with Crippen LogP contribution >= 0.6 is 24.0 Å². The number of rotatable bonds is 2. The quantitative estimate of drug-likeness (QED) is 0.773.